The van der Waals surface area contributed by atoms with Crippen LogP contribution in [-0.4, -0.2) is 35.7 Å². The predicted molar refractivity (Wildman–Crippen MR) is 60.1 cm³/mol. The van der Waals surface area contributed by atoms with Gasteiger partial charge in [0.2, 0.25) is 5.91 Å². The Morgan fingerprint density at radius 3 is 2.00 bits per heavy atom. The Morgan fingerprint density at radius 1 is 1.25 bits per heavy atom. The highest BCUT2D eigenvalue weighted by molar-refractivity contribution is 5.83. The monoisotopic (exact) mass is 231 g/mol. The molecule has 0 aliphatic carbocycles. The number of carbonyl (C=O) groups excluding carboxylic acids is 1. The minimum Gasteiger partial charge on any atom is -0.481 e. The van der Waals surface area contributed by atoms with E-state index in [0.717, 1.165) is 0 Å². The maximum atomic E-state index is 11.6. The highest BCUT2D eigenvalue weighted by atomic mass is 16.5. The summed E-state index contributed by atoms with van der Waals surface area (Å²) in [4.78, 5) is 22.7. The number of methoxy groups -OCH3 is 1. The number of hydrogen-bond donors (Lipinski definition) is 2. The quantitative estimate of drug-likeness (QED) is 0.741. The first kappa shape index (κ1) is 14.9. The third-order valence-corrected chi connectivity index (χ3v) is 3.26. The molecule has 2 N–H and O–H groups in total. The molecule has 0 saturated carbocycles. The smallest absolute Gasteiger partial charge is 0.311 e. The van der Waals surface area contributed by atoms with Crippen molar-refractivity contribution in [2.45, 2.75) is 46.3 Å². The Balaban J connectivity index is 4.82. The average molecular weight is 231 g/mol. The van der Waals surface area contributed by atoms with E-state index in [4.69, 9.17) is 9.84 Å². The summed E-state index contributed by atoms with van der Waals surface area (Å²) < 4.78 is 4.87. The first-order valence-corrected chi connectivity index (χ1v) is 5.14. The fourth-order valence-corrected chi connectivity index (χ4v) is 0.940. The van der Waals surface area contributed by atoms with Crippen LogP contribution in [0.1, 0.15) is 34.6 Å². The van der Waals surface area contributed by atoms with Crippen LogP contribution >= 0.6 is 0 Å². The van der Waals surface area contributed by atoms with Crippen molar-refractivity contribution in [3.8, 4) is 0 Å². The summed E-state index contributed by atoms with van der Waals surface area (Å²) in [6.45, 7) is 8.13. The Kier molecular flexibility index (Phi) is 4.49. The second-order valence-corrected chi connectivity index (χ2v) is 4.92. The van der Waals surface area contributed by atoms with Gasteiger partial charge in [-0.25, -0.2) is 0 Å². The lowest BCUT2D eigenvalue weighted by Crippen LogP contribution is -2.58. The van der Waals surface area contributed by atoms with Gasteiger partial charge in [0.05, 0.1) is 11.0 Å². The summed E-state index contributed by atoms with van der Waals surface area (Å²) in [6, 6.07) is 0. The van der Waals surface area contributed by atoms with Gasteiger partial charge in [-0.1, -0.05) is 0 Å². The predicted octanol–water partition coefficient (Wildman–Crippen LogP) is 1.03. The second kappa shape index (κ2) is 4.82. The third kappa shape index (κ3) is 2.95. The fraction of sp³-hybridized carbons (Fsp3) is 0.818. The molecular weight excluding hydrogens is 210 g/mol. The topological polar surface area (TPSA) is 75.6 Å². The van der Waals surface area contributed by atoms with Gasteiger partial charge in [0, 0.05) is 7.11 Å². The van der Waals surface area contributed by atoms with E-state index >= 15 is 0 Å². The Bertz CT molecular complexity index is 284. The molecule has 16 heavy (non-hydrogen) atoms. The summed E-state index contributed by atoms with van der Waals surface area (Å²) in [5, 5.41) is 11.8. The molecule has 5 nitrogen and oxygen atoms in total. The Morgan fingerprint density at radius 2 is 1.69 bits per heavy atom. The number of rotatable bonds is 5. The largest absolute Gasteiger partial charge is 0.481 e. The van der Waals surface area contributed by atoms with Gasteiger partial charge >= 0.3 is 5.97 Å². The van der Waals surface area contributed by atoms with Crippen molar-refractivity contribution in [3.63, 3.8) is 0 Å². The van der Waals surface area contributed by atoms with Crippen LogP contribution in [0.2, 0.25) is 0 Å². The highest BCUT2D eigenvalue weighted by Gasteiger charge is 2.44. The molecule has 0 aromatic heterocycles. The third-order valence-electron chi connectivity index (χ3n) is 3.26. The van der Waals surface area contributed by atoms with Crippen LogP contribution in [0.4, 0.5) is 0 Å². The number of amides is 1. The minimum absolute atomic E-state index is 0.318. The zero-order valence-electron chi connectivity index (χ0n) is 10.7. The van der Waals surface area contributed by atoms with Crippen LogP contribution < -0.4 is 5.32 Å². The van der Waals surface area contributed by atoms with Crippen molar-refractivity contribution in [3.05, 3.63) is 0 Å². The van der Waals surface area contributed by atoms with Crippen molar-refractivity contribution in [1.29, 1.82) is 0 Å². The summed E-state index contributed by atoms with van der Waals surface area (Å²) in [5.74, 6) is -1.27. The number of hydrogen-bond acceptors (Lipinski definition) is 3. The molecule has 0 saturated heterocycles. The maximum absolute atomic E-state index is 11.6. The van der Waals surface area contributed by atoms with Gasteiger partial charge in [0.25, 0.3) is 0 Å². The van der Waals surface area contributed by atoms with Gasteiger partial charge in [-0.15, -0.1) is 0 Å². The maximum Gasteiger partial charge on any atom is 0.311 e. The molecule has 0 aliphatic rings. The molecule has 0 aromatic carbocycles. The number of carboxylic acids is 1. The molecule has 0 aromatic rings. The van der Waals surface area contributed by atoms with E-state index in [0.29, 0.717) is 0 Å². The first-order chi connectivity index (χ1) is 7.06. The molecule has 0 heterocycles. The molecule has 1 atom stereocenters. The van der Waals surface area contributed by atoms with Crippen LogP contribution in [0.3, 0.4) is 0 Å². The van der Waals surface area contributed by atoms with E-state index in [2.05, 4.69) is 5.32 Å². The van der Waals surface area contributed by atoms with E-state index in [-0.39, 0.29) is 5.91 Å². The molecule has 0 bridgehead atoms. The average Bonchev–Trinajstić information content (AvgIpc) is 2.15. The summed E-state index contributed by atoms with van der Waals surface area (Å²) in [6.07, 6.45) is -0.594. The molecule has 0 radical (unpaired) electrons. The lowest BCUT2D eigenvalue weighted by Gasteiger charge is -2.39. The van der Waals surface area contributed by atoms with E-state index in [1.807, 2.05) is 0 Å². The van der Waals surface area contributed by atoms with Crippen molar-refractivity contribution in [2.24, 2.45) is 5.41 Å². The summed E-state index contributed by atoms with van der Waals surface area (Å²) >= 11 is 0. The van der Waals surface area contributed by atoms with Crippen molar-refractivity contribution < 1.29 is 19.4 Å². The lowest BCUT2D eigenvalue weighted by molar-refractivity contribution is -0.152. The van der Waals surface area contributed by atoms with Gasteiger partial charge in [0.15, 0.2) is 0 Å². The standard InChI is InChI=1S/C11H21NO4/c1-7(16-6)8(13)12-11(4,5)10(2,3)9(14)15/h7H,1-6H3,(H,12,13)(H,14,15). The Hall–Kier alpha value is -1.10. The molecule has 1 unspecified atom stereocenters. The molecule has 1 amide bonds. The molecule has 5 heteroatoms. The first-order valence-electron chi connectivity index (χ1n) is 5.14. The molecule has 0 fully saturated rings. The van der Waals surface area contributed by atoms with Crippen molar-refractivity contribution in [1.82, 2.24) is 5.32 Å². The van der Waals surface area contributed by atoms with Crippen LogP contribution in [0, 0.1) is 5.41 Å². The van der Waals surface area contributed by atoms with Gasteiger partial charge in [-0.3, -0.25) is 9.59 Å². The van der Waals surface area contributed by atoms with Crippen LogP contribution in [0.25, 0.3) is 0 Å². The number of carbonyl (C=O) groups is 2. The number of carboxylic acid groups (broad SMARTS) is 1. The van der Waals surface area contributed by atoms with E-state index in [1.54, 1.807) is 34.6 Å². The normalized spacial score (nSPS) is 14.4. The Labute approximate surface area is 96.2 Å². The molecule has 0 rings (SSSR count). The van der Waals surface area contributed by atoms with Gasteiger partial charge in [-0.05, 0) is 34.6 Å². The summed E-state index contributed by atoms with van der Waals surface area (Å²) in [7, 11) is 1.43. The number of nitrogens with one attached hydrogen (secondary N) is 1. The molecular formula is C11H21NO4. The van der Waals surface area contributed by atoms with Crippen molar-refractivity contribution in [2.75, 3.05) is 7.11 Å². The molecule has 94 valence electrons. The molecule has 0 spiro atoms. The number of ether oxygens (including phenoxy) is 1. The van der Waals surface area contributed by atoms with E-state index in [9.17, 15) is 9.59 Å². The fourth-order valence-electron chi connectivity index (χ4n) is 0.940. The van der Waals surface area contributed by atoms with Crippen molar-refractivity contribution >= 4 is 11.9 Å². The minimum atomic E-state index is -1.06. The molecule has 0 aliphatic heterocycles. The second-order valence-electron chi connectivity index (χ2n) is 4.92. The van der Waals surface area contributed by atoms with Gasteiger partial charge in [-0.2, -0.15) is 0 Å². The SMILES string of the molecule is COC(C)C(=O)NC(C)(C)C(C)(C)C(=O)O. The van der Waals surface area contributed by atoms with Crippen LogP contribution in [0.15, 0.2) is 0 Å². The highest BCUT2D eigenvalue weighted by Crippen LogP contribution is 2.30. The zero-order chi connectivity index (χ0) is 13.1. The van der Waals surface area contributed by atoms with Crippen LogP contribution in [0.5, 0.6) is 0 Å². The van der Waals surface area contributed by atoms with E-state index in [1.165, 1.54) is 7.11 Å². The van der Waals surface area contributed by atoms with Gasteiger partial charge < -0.3 is 15.2 Å². The van der Waals surface area contributed by atoms with E-state index < -0.39 is 23.0 Å². The van der Waals surface area contributed by atoms with Crippen LogP contribution in [-0.2, 0) is 14.3 Å². The van der Waals surface area contributed by atoms with Gasteiger partial charge in [0.1, 0.15) is 6.10 Å². The summed E-state index contributed by atoms with van der Waals surface area (Å²) in [5.41, 5.74) is -1.92. The lowest BCUT2D eigenvalue weighted by atomic mass is 9.74. The number of aliphatic carboxylic acids is 1. The zero-order valence-corrected chi connectivity index (χ0v) is 10.7.